The molecule has 0 aromatic carbocycles. The van der Waals surface area contributed by atoms with E-state index in [-0.39, 0.29) is 5.91 Å². The standard InChI is InChI=1S/C17H20BrN5OS/c18-13-10-20-16(25-13)22-14-3-1-2-12(21-14)11-4-8-23(9-5-11)15(24)17(19)6-7-17/h1-3,10-11H,4-9,19H2,(H,20,21,22). The number of halogens is 1. The Labute approximate surface area is 159 Å². The second-order valence-corrected chi connectivity index (χ2v) is 9.17. The maximum Gasteiger partial charge on any atom is 0.242 e. The predicted octanol–water partition coefficient (Wildman–Crippen LogP) is 3.24. The van der Waals surface area contributed by atoms with Crippen LogP contribution in [0.1, 0.15) is 37.3 Å². The third-order valence-electron chi connectivity index (χ3n) is 4.90. The molecule has 0 radical (unpaired) electrons. The van der Waals surface area contributed by atoms with E-state index in [2.05, 4.69) is 32.3 Å². The lowest BCUT2D eigenvalue weighted by molar-refractivity contribution is -0.134. The van der Waals surface area contributed by atoms with E-state index in [4.69, 9.17) is 10.7 Å². The average molecular weight is 422 g/mol. The van der Waals surface area contributed by atoms with Gasteiger partial charge in [0.1, 0.15) is 5.82 Å². The van der Waals surface area contributed by atoms with E-state index in [1.54, 1.807) is 6.20 Å². The van der Waals surface area contributed by atoms with Crippen LogP contribution in [0.3, 0.4) is 0 Å². The molecular weight excluding hydrogens is 402 g/mol. The minimum absolute atomic E-state index is 0.128. The molecule has 1 saturated carbocycles. The van der Waals surface area contributed by atoms with Crippen LogP contribution in [0.2, 0.25) is 0 Å². The molecule has 3 N–H and O–H groups in total. The van der Waals surface area contributed by atoms with Crippen LogP contribution in [-0.2, 0) is 4.79 Å². The van der Waals surface area contributed by atoms with Crippen molar-refractivity contribution in [3.63, 3.8) is 0 Å². The summed E-state index contributed by atoms with van der Waals surface area (Å²) in [5, 5.41) is 4.06. The molecule has 4 rings (SSSR count). The van der Waals surface area contributed by atoms with Crippen LogP contribution in [-0.4, -0.2) is 39.4 Å². The molecule has 6 nitrogen and oxygen atoms in total. The fraction of sp³-hybridized carbons (Fsp3) is 0.471. The van der Waals surface area contributed by atoms with Crippen LogP contribution in [0, 0.1) is 0 Å². The number of carbonyl (C=O) groups is 1. The molecule has 2 aromatic rings. The predicted molar refractivity (Wildman–Crippen MR) is 102 cm³/mol. The van der Waals surface area contributed by atoms with Gasteiger partial charge >= 0.3 is 0 Å². The Morgan fingerprint density at radius 3 is 2.76 bits per heavy atom. The molecule has 25 heavy (non-hydrogen) atoms. The second kappa shape index (κ2) is 6.66. The summed E-state index contributed by atoms with van der Waals surface area (Å²) in [6.45, 7) is 1.53. The number of anilines is 2. The van der Waals surface area contributed by atoms with Gasteiger partial charge in [-0.3, -0.25) is 4.79 Å². The number of nitrogens with two attached hydrogens (primary N) is 1. The van der Waals surface area contributed by atoms with Gasteiger partial charge in [-0.2, -0.15) is 0 Å². The van der Waals surface area contributed by atoms with Gasteiger partial charge in [-0.05, 0) is 53.7 Å². The minimum Gasteiger partial charge on any atom is -0.341 e. The van der Waals surface area contributed by atoms with E-state index in [0.717, 1.165) is 59.2 Å². The molecule has 2 fully saturated rings. The lowest BCUT2D eigenvalue weighted by Gasteiger charge is -2.33. The highest BCUT2D eigenvalue weighted by atomic mass is 79.9. The molecule has 1 aliphatic heterocycles. The number of pyridine rings is 1. The minimum atomic E-state index is -0.559. The Bertz CT molecular complexity index is 783. The number of aromatic nitrogens is 2. The fourth-order valence-electron chi connectivity index (χ4n) is 3.21. The van der Waals surface area contributed by atoms with Crippen LogP contribution in [0.5, 0.6) is 0 Å². The molecule has 1 saturated heterocycles. The van der Waals surface area contributed by atoms with E-state index in [9.17, 15) is 4.79 Å². The Morgan fingerprint density at radius 2 is 2.12 bits per heavy atom. The molecule has 0 spiro atoms. The van der Waals surface area contributed by atoms with Crippen LogP contribution in [0.25, 0.3) is 0 Å². The number of hydrogen-bond acceptors (Lipinski definition) is 6. The number of carbonyl (C=O) groups excluding carboxylic acids is 1. The summed E-state index contributed by atoms with van der Waals surface area (Å²) in [5.41, 5.74) is 6.55. The monoisotopic (exact) mass is 421 g/mol. The first-order chi connectivity index (χ1) is 12.0. The van der Waals surface area contributed by atoms with Crippen molar-refractivity contribution >= 4 is 44.1 Å². The van der Waals surface area contributed by atoms with Gasteiger partial charge in [0, 0.05) is 24.7 Å². The molecule has 3 heterocycles. The molecule has 132 valence electrons. The Balaban J connectivity index is 1.39. The fourth-order valence-corrected chi connectivity index (χ4v) is 4.33. The molecule has 2 aromatic heterocycles. The first-order valence-corrected chi connectivity index (χ1v) is 10.1. The third kappa shape index (κ3) is 3.70. The molecule has 1 aliphatic carbocycles. The highest BCUT2D eigenvalue weighted by Gasteiger charge is 2.48. The van der Waals surface area contributed by atoms with E-state index in [0.29, 0.717) is 5.92 Å². The number of nitrogens with zero attached hydrogens (tertiary/aromatic N) is 3. The van der Waals surface area contributed by atoms with Crippen molar-refractivity contribution in [2.75, 3.05) is 18.4 Å². The lowest BCUT2D eigenvalue weighted by Crippen LogP contribution is -2.48. The molecule has 8 heteroatoms. The number of likely N-dealkylation sites (tertiary alicyclic amines) is 1. The summed E-state index contributed by atoms with van der Waals surface area (Å²) in [6, 6.07) is 6.03. The van der Waals surface area contributed by atoms with Crippen LogP contribution in [0.4, 0.5) is 10.9 Å². The number of hydrogen-bond donors (Lipinski definition) is 2. The van der Waals surface area contributed by atoms with Gasteiger partial charge < -0.3 is 16.0 Å². The smallest absolute Gasteiger partial charge is 0.242 e. The van der Waals surface area contributed by atoms with Crippen LogP contribution in [0.15, 0.2) is 28.2 Å². The van der Waals surface area contributed by atoms with E-state index < -0.39 is 5.54 Å². The summed E-state index contributed by atoms with van der Waals surface area (Å²) in [5.74, 6) is 1.31. The van der Waals surface area contributed by atoms with E-state index in [1.807, 2.05) is 17.0 Å². The Hall–Kier alpha value is -1.51. The number of rotatable bonds is 4. The molecule has 0 unspecified atom stereocenters. The van der Waals surface area contributed by atoms with Gasteiger partial charge in [0.2, 0.25) is 5.91 Å². The molecule has 2 aliphatic rings. The first-order valence-electron chi connectivity index (χ1n) is 8.47. The van der Waals surface area contributed by atoms with Gasteiger partial charge in [0.25, 0.3) is 0 Å². The van der Waals surface area contributed by atoms with Crippen molar-refractivity contribution < 1.29 is 4.79 Å². The highest BCUT2D eigenvalue weighted by Crippen LogP contribution is 2.36. The van der Waals surface area contributed by atoms with Crippen LogP contribution < -0.4 is 11.1 Å². The SMILES string of the molecule is NC1(C(=O)N2CCC(c3cccc(Nc4ncc(Br)s4)n3)CC2)CC1. The van der Waals surface area contributed by atoms with E-state index in [1.165, 1.54) is 11.3 Å². The van der Waals surface area contributed by atoms with Crippen molar-refractivity contribution in [1.82, 2.24) is 14.9 Å². The Kier molecular flexibility index (Phi) is 4.51. The molecule has 0 bridgehead atoms. The largest absolute Gasteiger partial charge is 0.341 e. The summed E-state index contributed by atoms with van der Waals surface area (Å²) < 4.78 is 0.983. The maximum absolute atomic E-state index is 12.4. The zero-order valence-corrected chi connectivity index (χ0v) is 16.1. The number of nitrogens with one attached hydrogen (secondary N) is 1. The van der Waals surface area contributed by atoms with Crippen molar-refractivity contribution in [3.8, 4) is 0 Å². The number of amides is 1. The third-order valence-corrected chi connectivity index (χ3v) is 6.29. The topological polar surface area (TPSA) is 84.1 Å². The van der Waals surface area contributed by atoms with Crippen LogP contribution >= 0.6 is 27.3 Å². The normalized spacial score (nSPS) is 19.7. The van der Waals surface area contributed by atoms with Gasteiger partial charge in [0.15, 0.2) is 5.13 Å². The van der Waals surface area contributed by atoms with Gasteiger partial charge in [-0.15, -0.1) is 0 Å². The second-order valence-electron chi connectivity index (χ2n) is 6.76. The lowest BCUT2D eigenvalue weighted by atomic mass is 9.92. The zero-order chi connectivity index (χ0) is 17.4. The zero-order valence-electron chi connectivity index (χ0n) is 13.7. The summed E-state index contributed by atoms with van der Waals surface area (Å²) in [4.78, 5) is 23.3. The highest BCUT2D eigenvalue weighted by molar-refractivity contribution is 9.11. The maximum atomic E-state index is 12.4. The Morgan fingerprint density at radius 1 is 1.36 bits per heavy atom. The number of piperidine rings is 1. The van der Waals surface area contributed by atoms with Crippen molar-refractivity contribution in [3.05, 3.63) is 33.9 Å². The van der Waals surface area contributed by atoms with Crippen molar-refractivity contribution in [1.29, 1.82) is 0 Å². The molecule has 0 atom stereocenters. The molecular formula is C17H20BrN5OS. The molecule has 1 amide bonds. The average Bonchev–Trinajstić information content (AvgIpc) is 3.25. The summed E-state index contributed by atoms with van der Waals surface area (Å²) in [6.07, 6.45) is 5.29. The first kappa shape index (κ1) is 16.9. The van der Waals surface area contributed by atoms with Crippen molar-refractivity contribution in [2.45, 2.75) is 37.1 Å². The van der Waals surface area contributed by atoms with E-state index >= 15 is 0 Å². The van der Waals surface area contributed by atoms with Gasteiger partial charge in [-0.25, -0.2) is 9.97 Å². The quantitative estimate of drug-likeness (QED) is 0.791. The summed E-state index contributed by atoms with van der Waals surface area (Å²) in [7, 11) is 0. The van der Waals surface area contributed by atoms with Crippen molar-refractivity contribution in [2.24, 2.45) is 5.73 Å². The summed E-state index contributed by atoms with van der Waals surface area (Å²) >= 11 is 4.95. The number of thiazole rings is 1. The van der Waals surface area contributed by atoms with Gasteiger partial charge in [-0.1, -0.05) is 17.4 Å². The van der Waals surface area contributed by atoms with Gasteiger partial charge in [0.05, 0.1) is 15.5 Å².